The smallest absolute Gasteiger partial charge is 0.380 e. The van der Waals surface area contributed by atoms with E-state index in [9.17, 15) is 27.2 Å². The summed E-state index contributed by atoms with van der Waals surface area (Å²) in [5.41, 5.74) is 0.0474. The average Bonchev–Trinajstić information content (AvgIpc) is 3.38. The molecule has 3 aromatic rings. The topological polar surface area (TPSA) is 80.3 Å². The molecule has 0 bridgehead atoms. The van der Waals surface area contributed by atoms with Crippen LogP contribution in [0.1, 0.15) is 47.2 Å². The first-order valence-electron chi connectivity index (χ1n) is 12.2. The number of aromatic nitrogens is 1. The van der Waals surface area contributed by atoms with Crippen molar-refractivity contribution in [3.05, 3.63) is 89.5 Å². The third-order valence-electron chi connectivity index (χ3n) is 6.61. The molecule has 38 heavy (non-hydrogen) atoms. The SMILES string of the molecule is O=C(CCCC1(C(=O)NCc2ccc(Nc3ccccc3C(F)(F)F)cc2)CCOC1)c1ccc(F)nc1. The van der Waals surface area contributed by atoms with Crippen LogP contribution in [0.15, 0.2) is 66.9 Å². The zero-order valence-corrected chi connectivity index (χ0v) is 20.5. The van der Waals surface area contributed by atoms with E-state index in [0.717, 1.165) is 17.7 Å². The van der Waals surface area contributed by atoms with Crippen molar-refractivity contribution in [2.24, 2.45) is 5.41 Å². The standard InChI is InChI=1S/C28H27F4N3O3/c29-25-12-9-20(17-33-25)24(36)6-3-13-27(14-15-38-18-27)26(37)34-16-19-7-10-21(11-8-19)35-23-5-2-1-4-22(23)28(30,31)32/h1-2,4-5,7-12,17,35H,3,6,13-16,18H2,(H,34,37). The van der Waals surface area contributed by atoms with Crippen LogP contribution >= 0.6 is 0 Å². The minimum Gasteiger partial charge on any atom is -0.380 e. The predicted octanol–water partition coefficient (Wildman–Crippen LogP) is 6.06. The van der Waals surface area contributed by atoms with Gasteiger partial charge in [-0.2, -0.15) is 17.6 Å². The van der Waals surface area contributed by atoms with Crippen molar-refractivity contribution in [3.8, 4) is 0 Å². The Kier molecular flexibility index (Phi) is 8.41. The number of anilines is 2. The lowest BCUT2D eigenvalue weighted by atomic mass is 9.80. The highest BCUT2D eigenvalue weighted by Gasteiger charge is 2.41. The highest BCUT2D eigenvalue weighted by Crippen LogP contribution is 2.36. The van der Waals surface area contributed by atoms with Crippen LogP contribution in [0.3, 0.4) is 0 Å². The number of benzene rings is 2. The van der Waals surface area contributed by atoms with Crippen molar-refractivity contribution in [1.82, 2.24) is 10.3 Å². The molecule has 0 aliphatic carbocycles. The quantitative estimate of drug-likeness (QED) is 0.190. The number of ketones is 1. The second-order valence-corrected chi connectivity index (χ2v) is 9.28. The van der Waals surface area contributed by atoms with Gasteiger partial charge in [0.1, 0.15) is 0 Å². The zero-order chi connectivity index (χ0) is 27.2. The van der Waals surface area contributed by atoms with E-state index in [-0.39, 0.29) is 37.0 Å². The second-order valence-electron chi connectivity index (χ2n) is 9.28. The monoisotopic (exact) mass is 529 g/mol. The molecule has 1 saturated heterocycles. The molecule has 2 aromatic carbocycles. The molecule has 4 rings (SSSR count). The van der Waals surface area contributed by atoms with Crippen molar-refractivity contribution in [2.75, 3.05) is 18.5 Å². The Hall–Kier alpha value is -3.79. The largest absolute Gasteiger partial charge is 0.418 e. The van der Waals surface area contributed by atoms with Gasteiger partial charge in [0.25, 0.3) is 0 Å². The molecule has 1 aliphatic heterocycles. The molecular weight excluding hydrogens is 502 g/mol. The third-order valence-corrected chi connectivity index (χ3v) is 6.61. The van der Waals surface area contributed by atoms with E-state index in [0.29, 0.717) is 37.1 Å². The number of nitrogens with zero attached hydrogens (tertiary/aromatic N) is 1. The van der Waals surface area contributed by atoms with Crippen LogP contribution in [0.25, 0.3) is 0 Å². The predicted molar refractivity (Wildman–Crippen MR) is 133 cm³/mol. The Bertz CT molecular complexity index is 1260. The van der Waals surface area contributed by atoms with Crippen LogP contribution in [0.2, 0.25) is 0 Å². The molecular formula is C28H27F4N3O3. The summed E-state index contributed by atoms with van der Waals surface area (Å²) in [6.07, 6.45) is -1.61. The maximum absolute atomic E-state index is 13.2. The second kappa shape index (κ2) is 11.7. The van der Waals surface area contributed by atoms with Crippen LogP contribution in [0, 0.1) is 11.4 Å². The van der Waals surface area contributed by atoms with Crippen molar-refractivity contribution in [3.63, 3.8) is 0 Å². The number of pyridine rings is 1. The van der Waals surface area contributed by atoms with Crippen molar-refractivity contribution in [1.29, 1.82) is 0 Å². The lowest BCUT2D eigenvalue weighted by Crippen LogP contribution is -2.41. The molecule has 0 saturated carbocycles. The molecule has 0 radical (unpaired) electrons. The molecule has 10 heteroatoms. The number of Topliss-reactive ketones (excluding diaryl/α,β-unsaturated/α-hetero) is 1. The normalized spacial score (nSPS) is 17.3. The average molecular weight is 530 g/mol. The van der Waals surface area contributed by atoms with Crippen LogP contribution in [0.5, 0.6) is 0 Å². The lowest BCUT2D eigenvalue weighted by molar-refractivity contribution is -0.137. The van der Waals surface area contributed by atoms with Gasteiger partial charge < -0.3 is 15.4 Å². The minimum absolute atomic E-state index is 0.0431. The minimum atomic E-state index is -4.47. The van der Waals surface area contributed by atoms with Gasteiger partial charge in [-0.25, -0.2) is 4.98 Å². The Morgan fingerprint density at radius 1 is 1.03 bits per heavy atom. The van der Waals surface area contributed by atoms with Gasteiger partial charge in [0.2, 0.25) is 11.9 Å². The number of carbonyl (C=O) groups is 2. The number of para-hydroxylation sites is 1. The number of carbonyl (C=O) groups excluding carboxylic acids is 2. The number of ether oxygens (including phenoxy) is 1. The van der Waals surface area contributed by atoms with Gasteiger partial charge in [-0.05, 0) is 61.2 Å². The first kappa shape index (κ1) is 27.3. The zero-order valence-electron chi connectivity index (χ0n) is 20.5. The van der Waals surface area contributed by atoms with Gasteiger partial charge >= 0.3 is 6.18 Å². The van der Waals surface area contributed by atoms with Gasteiger partial charge in [-0.1, -0.05) is 24.3 Å². The highest BCUT2D eigenvalue weighted by atomic mass is 19.4. The molecule has 2 N–H and O–H groups in total. The number of alkyl halides is 3. The van der Waals surface area contributed by atoms with E-state index in [2.05, 4.69) is 15.6 Å². The van der Waals surface area contributed by atoms with Crippen molar-refractivity contribution < 1.29 is 31.9 Å². The molecule has 200 valence electrons. The van der Waals surface area contributed by atoms with E-state index in [1.165, 1.54) is 30.5 Å². The van der Waals surface area contributed by atoms with E-state index in [1.807, 2.05) is 0 Å². The van der Waals surface area contributed by atoms with Gasteiger partial charge in [-0.3, -0.25) is 9.59 Å². The van der Waals surface area contributed by atoms with E-state index >= 15 is 0 Å². The van der Waals surface area contributed by atoms with Gasteiger partial charge in [0.15, 0.2) is 5.78 Å². The van der Waals surface area contributed by atoms with Gasteiger partial charge in [0, 0.05) is 37.0 Å². The summed E-state index contributed by atoms with van der Waals surface area (Å²) in [4.78, 5) is 29.0. The molecule has 1 amide bonds. The van der Waals surface area contributed by atoms with E-state index < -0.39 is 23.1 Å². The summed E-state index contributed by atoms with van der Waals surface area (Å²) in [5.74, 6) is -0.997. The summed E-state index contributed by atoms with van der Waals surface area (Å²) >= 11 is 0. The molecule has 1 fully saturated rings. The number of amides is 1. The maximum atomic E-state index is 13.2. The number of hydrogen-bond donors (Lipinski definition) is 2. The number of hydrogen-bond acceptors (Lipinski definition) is 5. The first-order chi connectivity index (χ1) is 18.2. The molecule has 0 spiro atoms. The van der Waals surface area contributed by atoms with Gasteiger partial charge in [-0.15, -0.1) is 0 Å². The Morgan fingerprint density at radius 3 is 2.45 bits per heavy atom. The van der Waals surface area contributed by atoms with Crippen LogP contribution in [-0.2, 0) is 22.3 Å². The summed E-state index contributed by atoms with van der Waals surface area (Å²) in [6, 6.07) is 14.5. The Labute approximate surface area is 217 Å². The van der Waals surface area contributed by atoms with Crippen LogP contribution in [0.4, 0.5) is 28.9 Å². The summed E-state index contributed by atoms with van der Waals surface area (Å²) in [7, 11) is 0. The third kappa shape index (κ3) is 6.74. The fraction of sp³-hybridized carbons (Fsp3) is 0.321. The molecule has 2 heterocycles. The number of nitrogens with one attached hydrogen (secondary N) is 2. The Morgan fingerprint density at radius 2 is 1.79 bits per heavy atom. The van der Waals surface area contributed by atoms with Crippen molar-refractivity contribution >= 4 is 23.1 Å². The highest BCUT2D eigenvalue weighted by molar-refractivity contribution is 5.95. The summed E-state index contributed by atoms with van der Waals surface area (Å²) in [6.45, 7) is 0.940. The maximum Gasteiger partial charge on any atom is 0.418 e. The number of halogens is 4. The Balaban J connectivity index is 1.31. The summed E-state index contributed by atoms with van der Waals surface area (Å²) < 4.78 is 58.2. The van der Waals surface area contributed by atoms with Gasteiger partial charge in [0.05, 0.1) is 23.3 Å². The molecule has 1 atom stereocenters. The molecule has 6 nitrogen and oxygen atoms in total. The van der Waals surface area contributed by atoms with Crippen LogP contribution in [-0.4, -0.2) is 29.9 Å². The van der Waals surface area contributed by atoms with Crippen molar-refractivity contribution in [2.45, 2.75) is 38.4 Å². The lowest BCUT2D eigenvalue weighted by Gasteiger charge is -2.26. The first-order valence-corrected chi connectivity index (χ1v) is 12.2. The van der Waals surface area contributed by atoms with Crippen LogP contribution < -0.4 is 10.6 Å². The fourth-order valence-corrected chi connectivity index (χ4v) is 4.44. The van der Waals surface area contributed by atoms with E-state index in [4.69, 9.17) is 4.74 Å². The molecule has 1 aliphatic rings. The number of rotatable bonds is 10. The summed E-state index contributed by atoms with van der Waals surface area (Å²) in [5, 5.41) is 5.73. The fourth-order valence-electron chi connectivity index (χ4n) is 4.44. The molecule has 1 unspecified atom stereocenters. The molecule has 1 aromatic heterocycles. The van der Waals surface area contributed by atoms with E-state index in [1.54, 1.807) is 24.3 Å².